The van der Waals surface area contributed by atoms with Crippen LogP contribution in [0.5, 0.6) is 5.75 Å². The van der Waals surface area contributed by atoms with E-state index in [1.54, 1.807) is 6.92 Å². The Bertz CT molecular complexity index is 660. The number of rotatable bonds is 2. The second-order valence-electron chi connectivity index (χ2n) is 3.64. The normalized spacial score (nSPS) is 10.5. The van der Waals surface area contributed by atoms with Gasteiger partial charge < -0.3 is 9.72 Å². The van der Waals surface area contributed by atoms with E-state index in [4.69, 9.17) is 4.74 Å². The van der Waals surface area contributed by atoms with Crippen molar-refractivity contribution in [1.82, 2.24) is 4.98 Å². The molecular weight excluding hydrogens is 224 g/mol. The van der Waals surface area contributed by atoms with Gasteiger partial charge in [0.1, 0.15) is 5.75 Å². The molecule has 1 aromatic carbocycles. The van der Waals surface area contributed by atoms with Gasteiger partial charge >= 0.3 is 0 Å². The largest absolute Gasteiger partial charge is 0.494 e. The van der Waals surface area contributed by atoms with E-state index >= 15 is 0 Å². The zero-order valence-electron chi connectivity index (χ0n) is 9.31. The lowest BCUT2D eigenvalue weighted by atomic mass is 10.1. The minimum Gasteiger partial charge on any atom is -0.494 e. The van der Waals surface area contributed by atoms with Crippen LogP contribution >= 0.6 is 0 Å². The summed E-state index contributed by atoms with van der Waals surface area (Å²) < 4.78 is 5.05. The first-order chi connectivity index (χ1) is 8.02. The summed E-state index contributed by atoms with van der Waals surface area (Å²) in [7, 11) is 1.40. The predicted molar refractivity (Wildman–Crippen MR) is 62.5 cm³/mol. The van der Waals surface area contributed by atoms with Gasteiger partial charge in [0.15, 0.2) is 5.43 Å². The second kappa shape index (κ2) is 3.89. The van der Waals surface area contributed by atoms with E-state index in [1.807, 2.05) is 0 Å². The molecule has 0 bridgehead atoms. The number of fused-ring (bicyclic) bond motifs is 1. The fourth-order valence-corrected chi connectivity index (χ4v) is 1.70. The molecular formula is C11H10N2O4. The number of nitro groups is 1. The van der Waals surface area contributed by atoms with Crippen molar-refractivity contribution in [3.63, 3.8) is 0 Å². The number of ether oxygens (including phenoxy) is 1. The van der Waals surface area contributed by atoms with E-state index in [9.17, 15) is 14.9 Å². The van der Waals surface area contributed by atoms with Crippen LogP contribution in [0.25, 0.3) is 10.9 Å². The fraction of sp³-hybridized carbons (Fsp3) is 0.182. The van der Waals surface area contributed by atoms with Gasteiger partial charge in [0.05, 0.1) is 29.0 Å². The van der Waals surface area contributed by atoms with E-state index in [-0.39, 0.29) is 22.3 Å². The van der Waals surface area contributed by atoms with Crippen molar-refractivity contribution in [2.45, 2.75) is 6.92 Å². The molecule has 88 valence electrons. The first kappa shape index (κ1) is 11.1. The molecule has 0 saturated carbocycles. The number of pyridine rings is 1. The Hall–Kier alpha value is -2.37. The van der Waals surface area contributed by atoms with Crippen molar-refractivity contribution >= 4 is 16.6 Å². The number of aryl methyl sites for hydroxylation is 1. The van der Waals surface area contributed by atoms with E-state index < -0.39 is 4.92 Å². The number of nitrogens with one attached hydrogen (secondary N) is 1. The van der Waals surface area contributed by atoms with Gasteiger partial charge in [-0.25, -0.2) is 0 Å². The van der Waals surface area contributed by atoms with Crippen molar-refractivity contribution < 1.29 is 9.66 Å². The highest BCUT2D eigenvalue weighted by Crippen LogP contribution is 2.27. The molecule has 0 saturated heterocycles. The van der Waals surface area contributed by atoms with Crippen LogP contribution < -0.4 is 10.2 Å². The minimum atomic E-state index is -0.554. The number of aromatic nitrogens is 1. The number of nitro benzene ring substituents is 1. The summed E-state index contributed by atoms with van der Waals surface area (Å²) in [5.74, 6) is 0.287. The zero-order chi connectivity index (χ0) is 12.6. The molecule has 6 heteroatoms. The molecule has 17 heavy (non-hydrogen) atoms. The number of hydrogen-bond donors (Lipinski definition) is 1. The molecule has 2 aromatic rings. The highest BCUT2D eigenvalue weighted by atomic mass is 16.6. The first-order valence-corrected chi connectivity index (χ1v) is 4.89. The highest BCUT2D eigenvalue weighted by Gasteiger charge is 2.14. The number of aromatic amines is 1. The molecule has 1 N–H and O–H groups in total. The SMILES string of the molecule is COc1cc([N+](=O)[O-])cc2c(=O)cc(C)[nH]c12. The minimum absolute atomic E-state index is 0.163. The Morgan fingerprint density at radius 2 is 2.06 bits per heavy atom. The van der Waals surface area contributed by atoms with Crippen LogP contribution in [0.3, 0.4) is 0 Å². The Morgan fingerprint density at radius 3 is 2.65 bits per heavy atom. The summed E-state index contributed by atoms with van der Waals surface area (Å²) in [5.41, 5.74) is 0.722. The van der Waals surface area contributed by atoms with Gasteiger partial charge in [-0.2, -0.15) is 0 Å². The van der Waals surface area contributed by atoms with Gasteiger partial charge in [-0.15, -0.1) is 0 Å². The third-order valence-corrected chi connectivity index (χ3v) is 2.45. The standard InChI is InChI=1S/C11H10N2O4/c1-6-3-9(14)8-4-7(13(15)16)5-10(17-2)11(8)12-6/h3-5H,1-2H3,(H,12,14). The van der Waals surface area contributed by atoms with Crippen LogP contribution in [-0.2, 0) is 0 Å². The Balaban J connectivity index is 2.92. The topological polar surface area (TPSA) is 85.2 Å². The average Bonchev–Trinajstić information content (AvgIpc) is 2.27. The van der Waals surface area contributed by atoms with Crippen LogP contribution in [0.1, 0.15) is 5.69 Å². The summed E-state index contributed by atoms with van der Waals surface area (Å²) in [6, 6.07) is 3.93. The van der Waals surface area contributed by atoms with E-state index in [0.717, 1.165) is 0 Å². The Morgan fingerprint density at radius 1 is 1.35 bits per heavy atom. The quantitative estimate of drug-likeness (QED) is 0.633. The molecule has 0 aliphatic heterocycles. The summed E-state index contributed by atoms with van der Waals surface area (Å²) in [4.78, 5) is 24.9. The smallest absolute Gasteiger partial charge is 0.274 e. The molecule has 0 fully saturated rings. The van der Waals surface area contributed by atoms with Crippen molar-refractivity contribution in [1.29, 1.82) is 0 Å². The first-order valence-electron chi connectivity index (χ1n) is 4.89. The molecule has 0 spiro atoms. The molecule has 6 nitrogen and oxygen atoms in total. The second-order valence-corrected chi connectivity index (χ2v) is 3.64. The monoisotopic (exact) mass is 234 g/mol. The highest BCUT2D eigenvalue weighted by molar-refractivity contribution is 5.87. The maximum atomic E-state index is 11.7. The van der Waals surface area contributed by atoms with Crippen molar-refractivity contribution in [3.05, 3.63) is 44.2 Å². The van der Waals surface area contributed by atoms with Crippen molar-refractivity contribution in [2.24, 2.45) is 0 Å². The van der Waals surface area contributed by atoms with Crippen molar-refractivity contribution in [3.8, 4) is 5.75 Å². The molecule has 0 aliphatic carbocycles. The molecule has 0 amide bonds. The van der Waals surface area contributed by atoms with Crippen LogP contribution in [-0.4, -0.2) is 17.0 Å². The predicted octanol–water partition coefficient (Wildman–Crippen LogP) is 1.75. The summed E-state index contributed by atoms with van der Waals surface area (Å²) in [5, 5.41) is 11.0. The van der Waals surface area contributed by atoms with Crippen LogP contribution in [0.4, 0.5) is 5.69 Å². The van der Waals surface area contributed by atoms with Crippen LogP contribution in [0, 0.1) is 17.0 Å². The number of benzene rings is 1. The maximum absolute atomic E-state index is 11.7. The number of hydrogen-bond acceptors (Lipinski definition) is 4. The van der Waals surface area contributed by atoms with E-state index in [2.05, 4.69) is 4.98 Å². The van der Waals surface area contributed by atoms with Crippen LogP contribution in [0.2, 0.25) is 0 Å². The maximum Gasteiger partial charge on any atom is 0.274 e. The van der Waals surface area contributed by atoms with Gasteiger partial charge in [-0.05, 0) is 6.92 Å². The molecule has 0 unspecified atom stereocenters. The fourth-order valence-electron chi connectivity index (χ4n) is 1.70. The van der Waals surface area contributed by atoms with Crippen molar-refractivity contribution in [2.75, 3.05) is 7.11 Å². The average molecular weight is 234 g/mol. The summed E-state index contributed by atoms with van der Waals surface area (Å²) in [6.45, 7) is 1.74. The number of H-pyrrole nitrogens is 1. The number of nitrogens with zero attached hydrogens (tertiary/aromatic N) is 1. The van der Waals surface area contributed by atoms with Gasteiger partial charge in [0.25, 0.3) is 5.69 Å². The van der Waals surface area contributed by atoms with Gasteiger partial charge in [-0.1, -0.05) is 0 Å². The summed E-state index contributed by atoms with van der Waals surface area (Å²) >= 11 is 0. The lowest BCUT2D eigenvalue weighted by Gasteiger charge is -2.06. The third-order valence-electron chi connectivity index (χ3n) is 2.45. The lowest BCUT2D eigenvalue weighted by Crippen LogP contribution is -2.05. The lowest BCUT2D eigenvalue weighted by molar-refractivity contribution is -0.384. The van der Waals surface area contributed by atoms with Gasteiger partial charge in [0, 0.05) is 17.8 Å². The van der Waals surface area contributed by atoms with Crippen LogP contribution in [0.15, 0.2) is 23.0 Å². The van der Waals surface area contributed by atoms with E-state index in [1.165, 1.54) is 25.3 Å². The third kappa shape index (κ3) is 1.84. The Labute approximate surface area is 96.0 Å². The molecule has 2 rings (SSSR count). The number of non-ortho nitro benzene ring substituents is 1. The number of methoxy groups -OCH3 is 1. The Kier molecular flexibility index (Phi) is 2.55. The molecule has 0 aliphatic rings. The molecule has 1 aromatic heterocycles. The molecule has 0 atom stereocenters. The van der Waals surface area contributed by atoms with E-state index in [0.29, 0.717) is 11.2 Å². The molecule has 0 radical (unpaired) electrons. The molecule has 1 heterocycles. The van der Waals surface area contributed by atoms with Gasteiger partial charge in [-0.3, -0.25) is 14.9 Å². The van der Waals surface area contributed by atoms with Gasteiger partial charge in [0.2, 0.25) is 0 Å². The zero-order valence-corrected chi connectivity index (χ0v) is 9.31. The summed E-state index contributed by atoms with van der Waals surface area (Å²) in [6.07, 6.45) is 0.